The summed E-state index contributed by atoms with van der Waals surface area (Å²) >= 11 is 0. The van der Waals surface area contributed by atoms with Crippen molar-refractivity contribution in [2.45, 2.75) is 226 Å². The van der Waals surface area contributed by atoms with E-state index >= 15 is 0 Å². The largest absolute Gasteiger partial charge is 0.462 e. The summed E-state index contributed by atoms with van der Waals surface area (Å²) in [6, 6.07) is 0. The zero-order valence-corrected chi connectivity index (χ0v) is 32.6. The van der Waals surface area contributed by atoms with E-state index in [-0.39, 0.29) is 18.7 Å². The van der Waals surface area contributed by atoms with E-state index in [9.17, 15) is 14.7 Å². The molecule has 0 saturated heterocycles. The summed E-state index contributed by atoms with van der Waals surface area (Å²) in [6.07, 6.45) is 36.5. The Morgan fingerprint density at radius 1 is 0.583 bits per heavy atom. The Labute approximate surface area is 299 Å². The third-order valence-electron chi connectivity index (χ3n) is 11.0. The minimum atomic E-state index is 0.00993. The molecule has 0 amide bonds. The molecule has 0 spiro atoms. The molecule has 0 aromatic carbocycles. The standard InChI is InChI=1S/C43H83NO4/c1-4-7-10-12-15-20-27-42(28-21-16-13-11-8-5-2)48-43(47)29-22-17-14-18-23-34-44(36-37-45)35-24-26-41(46)38-40-32-30-39(31-33-40)25-19-9-6-3/h39-40,42,45H,4-38H2,1-3H3. The molecule has 5 heteroatoms. The van der Waals surface area contributed by atoms with E-state index in [1.807, 2.05) is 0 Å². The number of hydrogen-bond donors (Lipinski definition) is 1. The summed E-state index contributed by atoms with van der Waals surface area (Å²) in [6.45, 7) is 9.56. The van der Waals surface area contributed by atoms with Crippen LogP contribution in [0.5, 0.6) is 0 Å². The molecule has 0 aliphatic heterocycles. The lowest BCUT2D eigenvalue weighted by Crippen LogP contribution is -2.29. The minimum absolute atomic E-state index is 0.00993. The average molecular weight is 678 g/mol. The van der Waals surface area contributed by atoms with Gasteiger partial charge in [0.2, 0.25) is 0 Å². The molecule has 284 valence electrons. The highest BCUT2D eigenvalue weighted by Crippen LogP contribution is 2.34. The number of rotatable bonds is 35. The fourth-order valence-electron chi connectivity index (χ4n) is 7.75. The number of Topliss-reactive ketones (excluding diaryl/α,β-unsaturated/α-hetero) is 1. The van der Waals surface area contributed by atoms with Gasteiger partial charge in [-0.2, -0.15) is 0 Å². The third-order valence-corrected chi connectivity index (χ3v) is 11.0. The second kappa shape index (κ2) is 33.2. The maximum atomic E-state index is 12.7. The SMILES string of the molecule is CCCCCCCCC(CCCCCCCC)OC(=O)CCCCCCCN(CCO)CCCC(=O)CC1CCC(CCCCC)CC1. The average Bonchev–Trinajstić information content (AvgIpc) is 3.08. The number of carbonyl (C=O) groups is 2. The first-order valence-corrected chi connectivity index (χ1v) is 21.6. The van der Waals surface area contributed by atoms with Gasteiger partial charge in [-0.3, -0.25) is 9.59 Å². The molecule has 0 aromatic rings. The van der Waals surface area contributed by atoms with Gasteiger partial charge in [0.25, 0.3) is 0 Å². The van der Waals surface area contributed by atoms with Gasteiger partial charge in [0.1, 0.15) is 11.9 Å². The van der Waals surface area contributed by atoms with Crippen molar-refractivity contribution in [3.63, 3.8) is 0 Å². The van der Waals surface area contributed by atoms with Crippen LogP contribution in [-0.2, 0) is 14.3 Å². The lowest BCUT2D eigenvalue weighted by molar-refractivity contribution is -0.150. The van der Waals surface area contributed by atoms with Gasteiger partial charge in [-0.15, -0.1) is 0 Å². The van der Waals surface area contributed by atoms with Crippen LogP contribution in [0.4, 0.5) is 0 Å². The van der Waals surface area contributed by atoms with E-state index < -0.39 is 0 Å². The molecule has 0 unspecified atom stereocenters. The van der Waals surface area contributed by atoms with Gasteiger partial charge >= 0.3 is 5.97 Å². The van der Waals surface area contributed by atoms with E-state index in [0.717, 1.165) is 76.8 Å². The summed E-state index contributed by atoms with van der Waals surface area (Å²) in [5, 5.41) is 9.57. The maximum Gasteiger partial charge on any atom is 0.306 e. The molecule has 1 saturated carbocycles. The van der Waals surface area contributed by atoms with E-state index in [4.69, 9.17) is 4.74 Å². The molecular weight excluding hydrogens is 594 g/mol. The van der Waals surface area contributed by atoms with Crippen LogP contribution in [0.25, 0.3) is 0 Å². The first-order valence-electron chi connectivity index (χ1n) is 21.6. The van der Waals surface area contributed by atoms with Crippen molar-refractivity contribution in [3.8, 4) is 0 Å². The van der Waals surface area contributed by atoms with E-state index in [1.165, 1.54) is 128 Å². The molecule has 1 fully saturated rings. The Morgan fingerprint density at radius 3 is 1.69 bits per heavy atom. The fourth-order valence-corrected chi connectivity index (χ4v) is 7.75. The molecule has 0 radical (unpaired) electrons. The Balaban J connectivity index is 2.17. The van der Waals surface area contributed by atoms with Gasteiger partial charge in [0, 0.05) is 25.8 Å². The highest BCUT2D eigenvalue weighted by atomic mass is 16.5. The van der Waals surface area contributed by atoms with Crippen LogP contribution in [0.3, 0.4) is 0 Å². The van der Waals surface area contributed by atoms with Gasteiger partial charge < -0.3 is 14.7 Å². The predicted octanol–water partition coefficient (Wildman–Crippen LogP) is 12.2. The predicted molar refractivity (Wildman–Crippen MR) is 206 cm³/mol. The molecule has 1 aliphatic rings. The van der Waals surface area contributed by atoms with Crippen molar-refractivity contribution in [1.29, 1.82) is 0 Å². The first kappa shape index (κ1) is 45.1. The van der Waals surface area contributed by atoms with Crippen LogP contribution in [0.1, 0.15) is 220 Å². The van der Waals surface area contributed by atoms with E-state index in [0.29, 0.717) is 31.1 Å². The molecule has 0 aromatic heterocycles. The summed E-state index contributed by atoms with van der Waals surface area (Å²) in [5.41, 5.74) is 0. The molecule has 1 rings (SSSR count). The highest BCUT2D eigenvalue weighted by Gasteiger charge is 2.23. The number of unbranched alkanes of at least 4 members (excludes halogenated alkanes) is 16. The monoisotopic (exact) mass is 678 g/mol. The van der Waals surface area contributed by atoms with E-state index in [2.05, 4.69) is 25.7 Å². The number of ketones is 1. The number of esters is 1. The maximum absolute atomic E-state index is 12.7. The summed E-state index contributed by atoms with van der Waals surface area (Å²) < 4.78 is 6.02. The number of aliphatic hydroxyl groups excluding tert-OH is 1. The minimum Gasteiger partial charge on any atom is -0.462 e. The highest BCUT2D eigenvalue weighted by molar-refractivity contribution is 5.78. The van der Waals surface area contributed by atoms with Gasteiger partial charge in [0.15, 0.2) is 0 Å². The Bertz CT molecular complexity index is 704. The second-order valence-corrected chi connectivity index (χ2v) is 15.5. The van der Waals surface area contributed by atoms with Crippen molar-refractivity contribution in [1.82, 2.24) is 4.90 Å². The van der Waals surface area contributed by atoms with Crippen molar-refractivity contribution in [2.75, 3.05) is 26.2 Å². The summed E-state index contributed by atoms with van der Waals surface area (Å²) in [5.74, 6) is 1.98. The quantitative estimate of drug-likeness (QED) is 0.0534. The smallest absolute Gasteiger partial charge is 0.306 e. The molecule has 48 heavy (non-hydrogen) atoms. The zero-order valence-electron chi connectivity index (χ0n) is 32.6. The Kier molecular flexibility index (Phi) is 31.2. The molecule has 0 atom stereocenters. The van der Waals surface area contributed by atoms with Crippen LogP contribution < -0.4 is 0 Å². The Hall–Kier alpha value is -0.940. The lowest BCUT2D eigenvalue weighted by Gasteiger charge is -2.28. The topological polar surface area (TPSA) is 66.8 Å². The second-order valence-electron chi connectivity index (χ2n) is 15.5. The zero-order chi connectivity index (χ0) is 34.9. The Morgan fingerprint density at radius 2 is 1.08 bits per heavy atom. The molecule has 5 nitrogen and oxygen atoms in total. The number of ether oxygens (including phenoxy) is 1. The molecule has 0 heterocycles. The lowest BCUT2D eigenvalue weighted by atomic mass is 9.77. The third kappa shape index (κ3) is 26.9. The van der Waals surface area contributed by atoms with Crippen LogP contribution in [0.2, 0.25) is 0 Å². The van der Waals surface area contributed by atoms with Crippen LogP contribution >= 0.6 is 0 Å². The van der Waals surface area contributed by atoms with Crippen LogP contribution in [0, 0.1) is 11.8 Å². The summed E-state index contributed by atoms with van der Waals surface area (Å²) in [4.78, 5) is 27.7. The van der Waals surface area contributed by atoms with Gasteiger partial charge in [-0.1, -0.05) is 143 Å². The van der Waals surface area contributed by atoms with Gasteiger partial charge in [-0.05, 0) is 82.7 Å². The number of aliphatic hydroxyl groups is 1. The molecule has 1 aliphatic carbocycles. The van der Waals surface area contributed by atoms with Crippen LogP contribution in [-0.4, -0.2) is 54.1 Å². The molecule has 0 bridgehead atoms. The first-order chi connectivity index (χ1) is 23.5. The normalized spacial score (nSPS) is 16.6. The van der Waals surface area contributed by atoms with Crippen molar-refractivity contribution < 1.29 is 19.4 Å². The summed E-state index contributed by atoms with van der Waals surface area (Å²) in [7, 11) is 0. The van der Waals surface area contributed by atoms with Crippen molar-refractivity contribution in [3.05, 3.63) is 0 Å². The van der Waals surface area contributed by atoms with Crippen LogP contribution in [0.15, 0.2) is 0 Å². The molecule has 1 N–H and O–H groups in total. The van der Waals surface area contributed by atoms with Gasteiger partial charge in [-0.25, -0.2) is 0 Å². The molecular formula is C43H83NO4. The van der Waals surface area contributed by atoms with Crippen molar-refractivity contribution >= 4 is 11.8 Å². The van der Waals surface area contributed by atoms with Crippen molar-refractivity contribution in [2.24, 2.45) is 11.8 Å². The number of nitrogens with zero attached hydrogens (tertiary/aromatic N) is 1. The number of hydrogen-bond acceptors (Lipinski definition) is 5. The number of carbonyl (C=O) groups excluding carboxylic acids is 2. The van der Waals surface area contributed by atoms with Gasteiger partial charge in [0.05, 0.1) is 6.61 Å². The van der Waals surface area contributed by atoms with E-state index in [1.54, 1.807) is 0 Å². The fraction of sp³-hybridized carbons (Fsp3) is 0.953.